The average molecular weight is 223 g/mol. The molecule has 0 spiro atoms. The number of nitrogens with one attached hydrogen (secondary N) is 1. The minimum absolute atomic E-state index is 0.172. The summed E-state index contributed by atoms with van der Waals surface area (Å²) >= 11 is 0. The Kier molecular flexibility index (Phi) is 3.43. The summed E-state index contributed by atoms with van der Waals surface area (Å²) in [7, 11) is 0. The number of hydrogen-bond donors (Lipinski definition) is 2. The second kappa shape index (κ2) is 4.82. The van der Waals surface area contributed by atoms with E-state index in [1.807, 2.05) is 24.3 Å². The molecule has 0 radical (unpaired) electrons. The van der Waals surface area contributed by atoms with Crippen LogP contribution in [0.15, 0.2) is 24.3 Å². The monoisotopic (exact) mass is 223 g/mol. The van der Waals surface area contributed by atoms with Crippen LogP contribution in [0.4, 0.5) is 0 Å². The summed E-state index contributed by atoms with van der Waals surface area (Å²) in [6, 6.07) is 7.68. The molecule has 1 fully saturated rings. The van der Waals surface area contributed by atoms with Crippen LogP contribution in [0.3, 0.4) is 0 Å². The minimum Gasteiger partial charge on any atom is -0.493 e. The fourth-order valence-electron chi connectivity index (χ4n) is 1.59. The first-order valence-corrected chi connectivity index (χ1v) is 5.38. The Balaban J connectivity index is 1.85. The zero-order valence-corrected chi connectivity index (χ0v) is 9.40. The third-order valence-electron chi connectivity index (χ3n) is 2.69. The Morgan fingerprint density at radius 1 is 1.38 bits per heavy atom. The van der Waals surface area contributed by atoms with Crippen molar-refractivity contribution < 1.29 is 14.7 Å². The molecule has 2 rings (SSSR count). The molecule has 16 heavy (non-hydrogen) atoms. The molecule has 0 aromatic heterocycles. The lowest BCUT2D eigenvalue weighted by Crippen LogP contribution is -2.44. The van der Waals surface area contributed by atoms with Gasteiger partial charge in [-0.2, -0.15) is 0 Å². The zero-order valence-electron chi connectivity index (χ0n) is 9.40. The second-order valence-corrected chi connectivity index (χ2v) is 4.57. The number of ether oxygens (including phenoxy) is 2. The van der Waals surface area contributed by atoms with E-state index < -0.39 is 0 Å². The molecule has 0 bridgehead atoms. The molecule has 0 unspecified atom stereocenters. The molecule has 0 amide bonds. The summed E-state index contributed by atoms with van der Waals surface area (Å²) in [6.07, 6.45) is 0. The summed E-state index contributed by atoms with van der Waals surface area (Å²) in [5.74, 6) is 0.856. The van der Waals surface area contributed by atoms with Gasteiger partial charge in [0.1, 0.15) is 5.75 Å². The number of benzene rings is 1. The highest BCUT2D eigenvalue weighted by molar-refractivity contribution is 5.27. The minimum atomic E-state index is 0.172. The molecule has 0 aliphatic carbocycles. The standard InChI is InChI=1S/C12H17NO3/c1-12(7-15-8-12)9-16-11-4-2-10(3-5-11)6-13-14/h2-5,13-14H,6-9H2,1H3. The Morgan fingerprint density at radius 3 is 2.56 bits per heavy atom. The van der Waals surface area contributed by atoms with Gasteiger partial charge in [0.15, 0.2) is 0 Å². The molecule has 1 aromatic rings. The molecule has 0 saturated carbocycles. The lowest BCUT2D eigenvalue weighted by Gasteiger charge is -2.37. The first-order chi connectivity index (χ1) is 7.72. The SMILES string of the molecule is CC1(COc2ccc(CNO)cc2)COC1. The fourth-order valence-corrected chi connectivity index (χ4v) is 1.59. The Bertz CT molecular complexity index is 333. The van der Waals surface area contributed by atoms with E-state index in [0.717, 1.165) is 24.5 Å². The zero-order chi connectivity index (χ0) is 11.4. The average Bonchev–Trinajstić information content (AvgIpc) is 2.26. The molecular formula is C12H17NO3. The van der Waals surface area contributed by atoms with Gasteiger partial charge in [0.25, 0.3) is 0 Å². The van der Waals surface area contributed by atoms with Crippen LogP contribution in [0.25, 0.3) is 0 Å². The van der Waals surface area contributed by atoms with E-state index in [9.17, 15) is 0 Å². The molecule has 4 heteroatoms. The molecule has 1 aliphatic rings. The predicted octanol–water partition coefficient (Wildman–Crippen LogP) is 1.58. The predicted molar refractivity (Wildman–Crippen MR) is 59.5 cm³/mol. The van der Waals surface area contributed by atoms with E-state index in [0.29, 0.717) is 13.2 Å². The molecule has 1 aliphatic heterocycles. The van der Waals surface area contributed by atoms with Crippen LogP contribution in [0.2, 0.25) is 0 Å². The van der Waals surface area contributed by atoms with Gasteiger partial charge >= 0.3 is 0 Å². The van der Waals surface area contributed by atoms with Crippen LogP contribution in [0, 0.1) is 5.41 Å². The normalized spacial score (nSPS) is 17.9. The van der Waals surface area contributed by atoms with Crippen LogP contribution in [-0.2, 0) is 11.3 Å². The van der Waals surface area contributed by atoms with Crippen LogP contribution >= 0.6 is 0 Å². The Hall–Kier alpha value is -1.10. The van der Waals surface area contributed by atoms with Crippen molar-refractivity contribution in [3.63, 3.8) is 0 Å². The molecule has 0 atom stereocenters. The maximum Gasteiger partial charge on any atom is 0.119 e. The first-order valence-electron chi connectivity index (χ1n) is 5.38. The van der Waals surface area contributed by atoms with Gasteiger partial charge < -0.3 is 14.7 Å². The van der Waals surface area contributed by atoms with E-state index in [-0.39, 0.29) is 5.41 Å². The Morgan fingerprint density at radius 2 is 2.06 bits per heavy atom. The van der Waals surface area contributed by atoms with Gasteiger partial charge in [-0.1, -0.05) is 19.1 Å². The Labute approximate surface area is 95.1 Å². The van der Waals surface area contributed by atoms with Crippen molar-refractivity contribution in [1.29, 1.82) is 0 Å². The van der Waals surface area contributed by atoms with Gasteiger partial charge in [0, 0.05) is 12.0 Å². The van der Waals surface area contributed by atoms with Crippen LogP contribution < -0.4 is 10.2 Å². The molecule has 1 aromatic carbocycles. The van der Waals surface area contributed by atoms with E-state index >= 15 is 0 Å². The highest BCUT2D eigenvalue weighted by Gasteiger charge is 2.34. The molecule has 88 valence electrons. The molecular weight excluding hydrogens is 206 g/mol. The van der Waals surface area contributed by atoms with Crippen molar-refractivity contribution in [1.82, 2.24) is 5.48 Å². The molecule has 2 N–H and O–H groups in total. The van der Waals surface area contributed by atoms with Gasteiger partial charge in [-0.05, 0) is 17.7 Å². The topological polar surface area (TPSA) is 50.7 Å². The van der Waals surface area contributed by atoms with Crippen molar-refractivity contribution in [2.24, 2.45) is 5.41 Å². The van der Waals surface area contributed by atoms with Gasteiger partial charge in [-0.25, -0.2) is 5.48 Å². The van der Waals surface area contributed by atoms with Gasteiger partial charge in [-0.3, -0.25) is 0 Å². The summed E-state index contributed by atoms with van der Waals surface area (Å²) in [6.45, 7) is 4.84. The lowest BCUT2D eigenvalue weighted by molar-refractivity contribution is -0.120. The maximum atomic E-state index is 8.54. The molecule has 4 nitrogen and oxygen atoms in total. The third kappa shape index (κ3) is 2.72. The summed E-state index contributed by atoms with van der Waals surface area (Å²) in [5.41, 5.74) is 3.31. The van der Waals surface area contributed by atoms with Crippen LogP contribution in [-0.4, -0.2) is 25.0 Å². The first kappa shape index (κ1) is 11.4. The van der Waals surface area contributed by atoms with Crippen molar-refractivity contribution in [2.75, 3.05) is 19.8 Å². The summed E-state index contributed by atoms with van der Waals surface area (Å²) in [5, 5.41) is 8.54. The third-order valence-corrected chi connectivity index (χ3v) is 2.69. The number of rotatable bonds is 5. The van der Waals surface area contributed by atoms with E-state index in [1.54, 1.807) is 0 Å². The highest BCUT2D eigenvalue weighted by Crippen LogP contribution is 2.27. The summed E-state index contributed by atoms with van der Waals surface area (Å²) < 4.78 is 10.8. The van der Waals surface area contributed by atoms with Gasteiger partial charge in [0.2, 0.25) is 0 Å². The maximum absolute atomic E-state index is 8.54. The van der Waals surface area contributed by atoms with Crippen LogP contribution in [0.5, 0.6) is 5.75 Å². The van der Waals surface area contributed by atoms with Crippen LogP contribution in [0.1, 0.15) is 12.5 Å². The fraction of sp³-hybridized carbons (Fsp3) is 0.500. The second-order valence-electron chi connectivity index (χ2n) is 4.57. The van der Waals surface area contributed by atoms with E-state index in [2.05, 4.69) is 12.4 Å². The van der Waals surface area contributed by atoms with Gasteiger partial charge in [-0.15, -0.1) is 0 Å². The quantitative estimate of drug-likeness (QED) is 0.744. The number of hydrogen-bond acceptors (Lipinski definition) is 4. The van der Waals surface area contributed by atoms with Crippen molar-refractivity contribution in [3.8, 4) is 5.75 Å². The largest absolute Gasteiger partial charge is 0.493 e. The van der Waals surface area contributed by atoms with E-state index in [1.165, 1.54) is 0 Å². The van der Waals surface area contributed by atoms with Gasteiger partial charge in [0.05, 0.1) is 19.8 Å². The molecule has 1 saturated heterocycles. The lowest BCUT2D eigenvalue weighted by atomic mass is 9.90. The van der Waals surface area contributed by atoms with Crippen molar-refractivity contribution >= 4 is 0 Å². The highest BCUT2D eigenvalue weighted by atomic mass is 16.5. The molecule has 1 heterocycles. The number of hydroxylamine groups is 1. The summed E-state index contributed by atoms with van der Waals surface area (Å²) in [4.78, 5) is 0. The van der Waals surface area contributed by atoms with E-state index in [4.69, 9.17) is 14.7 Å². The smallest absolute Gasteiger partial charge is 0.119 e. The van der Waals surface area contributed by atoms with Crippen molar-refractivity contribution in [3.05, 3.63) is 29.8 Å². The van der Waals surface area contributed by atoms with Crippen molar-refractivity contribution in [2.45, 2.75) is 13.5 Å².